The third-order valence-electron chi connectivity index (χ3n) is 3.98. The fourth-order valence-corrected chi connectivity index (χ4v) is 3.35. The molecule has 118 valence electrons. The number of hydrogen-bond acceptors (Lipinski definition) is 5. The number of nitrogens with one attached hydrogen (secondary N) is 1. The second-order valence-electron chi connectivity index (χ2n) is 5.92. The minimum atomic E-state index is 0.858. The number of hydrogen-bond donors (Lipinski definition) is 1. The number of likely N-dealkylation sites (N-methyl/N-ethyl adjacent to an activating group) is 2. The summed E-state index contributed by atoms with van der Waals surface area (Å²) in [6.07, 6.45) is 6.12. The molecule has 1 aromatic rings. The number of pyridine rings is 1. The van der Waals surface area contributed by atoms with Crippen molar-refractivity contribution in [1.29, 1.82) is 0 Å². The van der Waals surface area contributed by atoms with Gasteiger partial charge >= 0.3 is 0 Å². The standard InChI is InChI=1S/C16H22BrN5/c1-20-5-7-22(8-6-20)15-3-4-16(18-10-15)19-14-9-13(17)11-21(2)12-14/h3-4,9-11H,5-8,12H2,1-2H3,(H,18,19). The summed E-state index contributed by atoms with van der Waals surface area (Å²) in [5.74, 6) is 0.889. The lowest BCUT2D eigenvalue weighted by molar-refractivity contribution is 0.313. The van der Waals surface area contributed by atoms with E-state index in [1.807, 2.05) is 6.20 Å². The zero-order valence-corrected chi connectivity index (χ0v) is 14.7. The Morgan fingerprint density at radius 1 is 1.14 bits per heavy atom. The van der Waals surface area contributed by atoms with E-state index in [4.69, 9.17) is 0 Å². The number of piperazine rings is 1. The van der Waals surface area contributed by atoms with E-state index < -0.39 is 0 Å². The first-order valence-corrected chi connectivity index (χ1v) is 8.34. The van der Waals surface area contributed by atoms with E-state index in [-0.39, 0.29) is 0 Å². The van der Waals surface area contributed by atoms with Crippen molar-refractivity contribution in [2.24, 2.45) is 0 Å². The molecule has 3 rings (SSSR count). The van der Waals surface area contributed by atoms with Gasteiger partial charge in [-0.25, -0.2) is 4.98 Å². The Bertz CT molecular complexity index is 573. The van der Waals surface area contributed by atoms with Gasteiger partial charge in [-0.15, -0.1) is 0 Å². The number of aromatic nitrogens is 1. The highest BCUT2D eigenvalue weighted by molar-refractivity contribution is 9.11. The Kier molecular flexibility index (Phi) is 4.69. The molecule has 1 aromatic heterocycles. The molecule has 3 heterocycles. The van der Waals surface area contributed by atoms with Gasteiger partial charge in [0.1, 0.15) is 5.82 Å². The summed E-state index contributed by atoms with van der Waals surface area (Å²) in [6.45, 7) is 5.22. The number of anilines is 2. The zero-order chi connectivity index (χ0) is 15.5. The van der Waals surface area contributed by atoms with E-state index >= 15 is 0 Å². The highest BCUT2D eigenvalue weighted by atomic mass is 79.9. The molecule has 0 unspecified atom stereocenters. The SMILES string of the molecule is CN1C=C(Br)C=C(Nc2ccc(N3CCN(C)CC3)cn2)C1. The average molecular weight is 364 g/mol. The van der Waals surface area contributed by atoms with Gasteiger partial charge < -0.3 is 20.0 Å². The van der Waals surface area contributed by atoms with Crippen LogP contribution in [0.15, 0.2) is 40.8 Å². The van der Waals surface area contributed by atoms with Gasteiger partial charge in [-0.05, 0) is 41.2 Å². The lowest BCUT2D eigenvalue weighted by atomic mass is 10.2. The molecule has 0 aromatic carbocycles. The van der Waals surface area contributed by atoms with Crippen molar-refractivity contribution in [2.45, 2.75) is 0 Å². The van der Waals surface area contributed by atoms with Crippen LogP contribution >= 0.6 is 15.9 Å². The van der Waals surface area contributed by atoms with Gasteiger partial charge in [-0.1, -0.05) is 0 Å². The first-order valence-electron chi connectivity index (χ1n) is 7.55. The molecule has 22 heavy (non-hydrogen) atoms. The van der Waals surface area contributed by atoms with E-state index in [9.17, 15) is 0 Å². The normalized spacial score (nSPS) is 19.8. The molecule has 0 spiro atoms. The lowest BCUT2D eigenvalue weighted by Gasteiger charge is -2.33. The van der Waals surface area contributed by atoms with Crippen LogP contribution in [0.4, 0.5) is 11.5 Å². The molecule has 1 saturated heterocycles. The third kappa shape index (κ3) is 3.81. The van der Waals surface area contributed by atoms with Crippen LogP contribution in [0.2, 0.25) is 0 Å². The summed E-state index contributed by atoms with van der Waals surface area (Å²) in [5.41, 5.74) is 2.34. The Labute approximate surface area is 140 Å². The first-order chi connectivity index (χ1) is 10.6. The van der Waals surface area contributed by atoms with Crippen LogP contribution in [0.5, 0.6) is 0 Å². The topological polar surface area (TPSA) is 34.6 Å². The molecule has 0 aliphatic carbocycles. The van der Waals surface area contributed by atoms with Crippen LogP contribution < -0.4 is 10.2 Å². The van der Waals surface area contributed by atoms with Crippen LogP contribution in [-0.4, -0.2) is 61.6 Å². The predicted octanol–water partition coefficient (Wildman–Crippen LogP) is 2.31. The minimum absolute atomic E-state index is 0.858. The van der Waals surface area contributed by atoms with Crippen LogP contribution in [0, 0.1) is 0 Å². The van der Waals surface area contributed by atoms with Crippen LogP contribution in [-0.2, 0) is 0 Å². The fraction of sp³-hybridized carbons (Fsp3) is 0.438. The third-order valence-corrected chi connectivity index (χ3v) is 4.41. The van der Waals surface area contributed by atoms with Gasteiger partial charge in [-0.3, -0.25) is 0 Å². The van der Waals surface area contributed by atoms with Crippen molar-refractivity contribution in [2.75, 3.05) is 57.0 Å². The van der Waals surface area contributed by atoms with Crippen LogP contribution in [0.1, 0.15) is 0 Å². The Morgan fingerprint density at radius 3 is 2.55 bits per heavy atom. The number of halogens is 1. The van der Waals surface area contributed by atoms with Crippen molar-refractivity contribution in [1.82, 2.24) is 14.8 Å². The van der Waals surface area contributed by atoms with Crippen molar-refractivity contribution in [3.63, 3.8) is 0 Å². The van der Waals surface area contributed by atoms with Crippen LogP contribution in [0.25, 0.3) is 0 Å². The molecular formula is C16H22BrN5. The molecule has 6 heteroatoms. The molecule has 2 aliphatic heterocycles. The smallest absolute Gasteiger partial charge is 0.130 e. The fourth-order valence-electron chi connectivity index (χ4n) is 2.73. The molecular weight excluding hydrogens is 342 g/mol. The van der Waals surface area contributed by atoms with Crippen LogP contribution in [0.3, 0.4) is 0 Å². The molecule has 0 radical (unpaired) electrons. The van der Waals surface area contributed by atoms with E-state index in [0.29, 0.717) is 0 Å². The van der Waals surface area contributed by atoms with Crippen molar-refractivity contribution < 1.29 is 0 Å². The second-order valence-corrected chi connectivity index (χ2v) is 6.83. The maximum absolute atomic E-state index is 4.56. The molecule has 0 atom stereocenters. The van der Waals surface area contributed by atoms with E-state index in [2.05, 4.69) is 79.4 Å². The van der Waals surface area contributed by atoms with Gasteiger partial charge in [0.2, 0.25) is 0 Å². The highest BCUT2D eigenvalue weighted by Gasteiger charge is 2.14. The molecule has 2 aliphatic rings. The lowest BCUT2D eigenvalue weighted by Crippen LogP contribution is -2.44. The summed E-state index contributed by atoms with van der Waals surface area (Å²) < 4.78 is 1.07. The average Bonchev–Trinajstić information content (AvgIpc) is 2.48. The number of rotatable bonds is 3. The Balaban J connectivity index is 1.63. The second kappa shape index (κ2) is 6.71. The number of allylic oxidation sites excluding steroid dienone is 2. The molecule has 0 bridgehead atoms. The summed E-state index contributed by atoms with van der Waals surface area (Å²) in [6, 6.07) is 4.21. The summed E-state index contributed by atoms with van der Waals surface area (Å²) in [4.78, 5) is 11.4. The van der Waals surface area contributed by atoms with Gasteiger partial charge in [0.25, 0.3) is 0 Å². The largest absolute Gasteiger partial charge is 0.374 e. The molecule has 0 amide bonds. The predicted molar refractivity (Wildman–Crippen MR) is 95.3 cm³/mol. The molecule has 5 nitrogen and oxygen atoms in total. The van der Waals surface area contributed by atoms with E-state index in [0.717, 1.165) is 48.7 Å². The van der Waals surface area contributed by atoms with Crippen molar-refractivity contribution in [3.8, 4) is 0 Å². The Hall–Kier alpha value is -1.53. The van der Waals surface area contributed by atoms with Gasteiger partial charge in [0, 0.05) is 49.6 Å². The molecule has 1 fully saturated rings. The maximum atomic E-state index is 4.56. The van der Waals surface area contributed by atoms with Crippen molar-refractivity contribution >= 4 is 27.4 Å². The highest BCUT2D eigenvalue weighted by Crippen LogP contribution is 2.21. The summed E-state index contributed by atoms with van der Waals surface area (Å²) in [7, 11) is 4.23. The first kappa shape index (κ1) is 15.4. The van der Waals surface area contributed by atoms with Crippen molar-refractivity contribution in [3.05, 3.63) is 40.8 Å². The minimum Gasteiger partial charge on any atom is -0.374 e. The monoisotopic (exact) mass is 363 g/mol. The molecule has 1 N–H and O–H groups in total. The maximum Gasteiger partial charge on any atom is 0.130 e. The number of nitrogens with zero attached hydrogens (tertiary/aromatic N) is 4. The zero-order valence-electron chi connectivity index (χ0n) is 13.1. The summed E-state index contributed by atoms with van der Waals surface area (Å²) >= 11 is 3.52. The van der Waals surface area contributed by atoms with Gasteiger partial charge in [-0.2, -0.15) is 0 Å². The molecule has 0 saturated carbocycles. The van der Waals surface area contributed by atoms with E-state index in [1.54, 1.807) is 0 Å². The summed E-state index contributed by atoms with van der Waals surface area (Å²) in [5, 5.41) is 3.39. The van der Waals surface area contributed by atoms with E-state index in [1.165, 1.54) is 5.69 Å². The van der Waals surface area contributed by atoms with Gasteiger partial charge in [0.05, 0.1) is 18.4 Å². The quantitative estimate of drug-likeness (QED) is 0.891. The van der Waals surface area contributed by atoms with Gasteiger partial charge in [0.15, 0.2) is 0 Å². The Morgan fingerprint density at radius 2 is 1.91 bits per heavy atom.